The number of rotatable bonds is 0. The standard InChI is InChI=1S/C10H10O3.C2H6/c1-6-2-3-9-7(4-6)8(11)5-10(12)13-9;1-2/h2-4,10,12H,5H2,1H3;1-2H3. The number of carbonyl (C=O) groups is 1. The molecule has 3 heteroatoms. The van der Waals surface area contributed by atoms with Gasteiger partial charge in [0.2, 0.25) is 6.29 Å². The molecule has 2 rings (SSSR count). The van der Waals surface area contributed by atoms with E-state index in [1.807, 2.05) is 26.8 Å². The fraction of sp³-hybridized carbons (Fsp3) is 0.417. The van der Waals surface area contributed by atoms with Gasteiger partial charge in [-0.25, -0.2) is 0 Å². The van der Waals surface area contributed by atoms with Crippen LogP contribution in [0.3, 0.4) is 0 Å². The number of aliphatic hydroxyl groups excluding tert-OH is 1. The van der Waals surface area contributed by atoms with E-state index in [0.717, 1.165) is 5.56 Å². The lowest BCUT2D eigenvalue weighted by atomic mass is 10.0. The number of aliphatic hydroxyl groups is 1. The first-order chi connectivity index (χ1) is 7.16. The molecule has 0 amide bonds. The van der Waals surface area contributed by atoms with E-state index in [2.05, 4.69) is 0 Å². The van der Waals surface area contributed by atoms with Crippen LogP contribution in [0.15, 0.2) is 18.2 Å². The minimum atomic E-state index is -0.984. The Balaban J connectivity index is 0.000000531. The third kappa shape index (κ3) is 2.57. The van der Waals surface area contributed by atoms with Gasteiger partial charge in [0.25, 0.3) is 0 Å². The highest BCUT2D eigenvalue weighted by molar-refractivity contribution is 5.99. The zero-order valence-corrected chi connectivity index (χ0v) is 9.28. The van der Waals surface area contributed by atoms with Crippen LogP contribution in [-0.2, 0) is 0 Å². The van der Waals surface area contributed by atoms with Crippen molar-refractivity contribution < 1.29 is 14.6 Å². The van der Waals surface area contributed by atoms with Crippen LogP contribution in [0.1, 0.15) is 36.2 Å². The largest absolute Gasteiger partial charge is 0.464 e. The summed E-state index contributed by atoms with van der Waals surface area (Å²) in [4.78, 5) is 11.4. The minimum absolute atomic E-state index is 0.0520. The Kier molecular flexibility index (Phi) is 3.86. The average Bonchev–Trinajstić information content (AvgIpc) is 2.22. The molecule has 15 heavy (non-hydrogen) atoms. The van der Waals surface area contributed by atoms with Gasteiger partial charge in [-0.3, -0.25) is 4.79 Å². The maximum atomic E-state index is 11.4. The molecular weight excluding hydrogens is 192 g/mol. The van der Waals surface area contributed by atoms with E-state index in [9.17, 15) is 4.79 Å². The van der Waals surface area contributed by atoms with Gasteiger partial charge in [-0.2, -0.15) is 0 Å². The Morgan fingerprint density at radius 1 is 1.40 bits per heavy atom. The lowest BCUT2D eigenvalue weighted by Crippen LogP contribution is -2.26. The molecule has 0 radical (unpaired) electrons. The van der Waals surface area contributed by atoms with E-state index in [1.54, 1.807) is 12.1 Å². The molecule has 3 nitrogen and oxygen atoms in total. The molecule has 1 heterocycles. The second-order valence-corrected chi connectivity index (χ2v) is 3.20. The maximum Gasteiger partial charge on any atom is 0.204 e. The number of hydrogen-bond donors (Lipinski definition) is 1. The van der Waals surface area contributed by atoms with Crippen molar-refractivity contribution in [2.75, 3.05) is 0 Å². The summed E-state index contributed by atoms with van der Waals surface area (Å²) in [5.74, 6) is 0.423. The summed E-state index contributed by atoms with van der Waals surface area (Å²) in [5.41, 5.74) is 1.59. The van der Waals surface area contributed by atoms with Crippen molar-refractivity contribution in [3.63, 3.8) is 0 Å². The third-order valence-electron chi connectivity index (χ3n) is 2.06. The number of aryl methyl sites for hydroxylation is 1. The number of ether oxygens (including phenoxy) is 1. The Bertz CT molecular complexity index is 358. The topological polar surface area (TPSA) is 46.5 Å². The highest BCUT2D eigenvalue weighted by Gasteiger charge is 2.24. The summed E-state index contributed by atoms with van der Waals surface area (Å²) >= 11 is 0. The predicted octanol–water partition coefficient (Wildman–Crippen LogP) is 2.30. The molecule has 0 saturated carbocycles. The summed E-state index contributed by atoms with van der Waals surface area (Å²) in [6.07, 6.45) is -0.932. The Hall–Kier alpha value is -1.35. The first-order valence-corrected chi connectivity index (χ1v) is 5.15. The number of benzene rings is 1. The van der Waals surface area contributed by atoms with Gasteiger partial charge in [0, 0.05) is 0 Å². The quantitative estimate of drug-likeness (QED) is 0.711. The molecule has 0 spiro atoms. The van der Waals surface area contributed by atoms with Crippen molar-refractivity contribution in [1.82, 2.24) is 0 Å². The molecule has 82 valence electrons. The second kappa shape index (κ2) is 4.94. The van der Waals surface area contributed by atoms with Crippen LogP contribution in [0.2, 0.25) is 0 Å². The van der Waals surface area contributed by atoms with Crippen LogP contribution in [-0.4, -0.2) is 17.2 Å². The van der Waals surface area contributed by atoms with E-state index >= 15 is 0 Å². The summed E-state index contributed by atoms with van der Waals surface area (Å²) in [7, 11) is 0. The van der Waals surface area contributed by atoms with Gasteiger partial charge in [0.05, 0.1) is 12.0 Å². The van der Waals surface area contributed by atoms with Crippen molar-refractivity contribution in [2.24, 2.45) is 0 Å². The molecule has 1 N–H and O–H groups in total. The molecule has 1 aliphatic heterocycles. The predicted molar refractivity (Wildman–Crippen MR) is 58.1 cm³/mol. The molecule has 1 unspecified atom stereocenters. The summed E-state index contributed by atoms with van der Waals surface area (Å²) in [6, 6.07) is 5.35. The number of hydrogen-bond acceptors (Lipinski definition) is 3. The Labute approximate surface area is 89.7 Å². The number of Topliss-reactive ketones (excluding diaryl/α,β-unsaturated/α-hetero) is 1. The lowest BCUT2D eigenvalue weighted by molar-refractivity contribution is -0.0246. The number of ketones is 1. The highest BCUT2D eigenvalue weighted by Crippen LogP contribution is 2.27. The van der Waals surface area contributed by atoms with Gasteiger partial charge in [-0.05, 0) is 19.1 Å². The molecule has 1 aliphatic rings. The zero-order chi connectivity index (χ0) is 11.4. The van der Waals surface area contributed by atoms with E-state index < -0.39 is 6.29 Å². The molecule has 0 aromatic heterocycles. The number of fused-ring (bicyclic) bond motifs is 1. The van der Waals surface area contributed by atoms with Gasteiger partial charge in [-0.15, -0.1) is 0 Å². The fourth-order valence-electron chi connectivity index (χ4n) is 1.42. The minimum Gasteiger partial charge on any atom is -0.464 e. The van der Waals surface area contributed by atoms with Gasteiger partial charge in [0.1, 0.15) is 5.75 Å². The van der Waals surface area contributed by atoms with Crippen molar-refractivity contribution in [2.45, 2.75) is 33.5 Å². The van der Waals surface area contributed by atoms with Gasteiger partial charge >= 0.3 is 0 Å². The summed E-state index contributed by atoms with van der Waals surface area (Å²) < 4.78 is 5.09. The monoisotopic (exact) mass is 208 g/mol. The fourth-order valence-corrected chi connectivity index (χ4v) is 1.42. The molecule has 1 atom stereocenters. The van der Waals surface area contributed by atoms with Crippen LogP contribution in [0.5, 0.6) is 5.75 Å². The van der Waals surface area contributed by atoms with Crippen LogP contribution in [0.25, 0.3) is 0 Å². The van der Waals surface area contributed by atoms with Crippen molar-refractivity contribution in [1.29, 1.82) is 0 Å². The van der Waals surface area contributed by atoms with Gasteiger partial charge < -0.3 is 9.84 Å². The third-order valence-corrected chi connectivity index (χ3v) is 2.06. The smallest absolute Gasteiger partial charge is 0.204 e. The van der Waals surface area contributed by atoms with Crippen molar-refractivity contribution >= 4 is 5.78 Å². The van der Waals surface area contributed by atoms with E-state index in [0.29, 0.717) is 11.3 Å². The van der Waals surface area contributed by atoms with E-state index in [-0.39, 0.29) is 12.2 Å². The SMILES string of the molecule is CC.Cc1ccc2c(c1)C(=O)CC(O)O2. The molecule has 0 bridgehead atoms. The first kappa shape index (κ1) is 11.7. The highest BCUT2D eigenvalue weighted by atomic mass is 16.6. The molecule has 0 aliphatic carbocycles. The summed E-state index contributed by atoms with van der Waals surface area (Å²) in [6.45, 7) is 5.92. The van der Waals surface area contributed by atoms with Crippen LogP contribution in [0.4, 0.5) is 0 Å². The Morgan fingerprint density at radius 2 is 2.07 bits per heavy atom. The van der Waals surface area contributed by atoms with Crippen LogP contribution in [0, 0.1) is 6.92 Å². The van der Waals surface area contributed by atoms with Crippen molar-refractivity contribution in [3.8, 4) is 5.75 Å². The average molecular weight is 208 g/mol. The van der Waals surface area contributed by atoms with Gasteiger partial charge in [0.15, 0.2) is 5.78 Å². The normalized spacial score (nSPS) is 18.4. The van der Waals surface area contributed by atoms with E-state index in [4.69, 9.17) is 9.84 Å². The first-order valence-electron chi connectivity index (χ1n) is 5.15. The van der Waals surface area contributed by atoms with Gasteiger partial charge in [-0.1, -0.05) is 25.5 Å². The molecule has 0 fully saturated rings. The van der Waals surface area contributed by atoms with Crippen LogP contribution >= 0.6 is 0 Å². The Morgan fingerprint density at radius 3 is 2.73 bits per heavy atom. The van der Waals surface area contributed by atoms with Crippen molar-refractivity contribution in [3.05, 3.63) is 29.3 Å². The molecule has 0 saturated heterocycles. The van der Waals surface area contributed by atoms with E-state index in [1.165, 1.54) is 0 Å². The summed E-state index contributed by atoms with van der Waals surface area (Å²) in [5, 5.41) is 9.15. The molecular formula is C12H16O3. The molecule has 1 aromatic carbocycles. The van der Waals surface area contributed by atoms with Crippen LogP contribution < -0.4 is 4.74 Å². The zero-order valence-electron chi connectivity index (χ0n) is 9.28. The molecule has 1 aromatic rings. The maximum absolute atomic E-state index is 11.4. The second-order valence-electron chi connectivity index (χ2n) is 3.20. The lowest BCUT2D eigenvalue weighted by Gasteiger charge is -2.21. The number of carbonyl (C=O) groups excluding carboxylic acids is 1.